The lowest BCUT2D eigenvalue weighted by molar-refractivity contribution is -0.130. The van der Waals surface area contributed by atoms with Crippen LogP contribution in [0.2, 0.25) is 0 Å². The fourth-order valence-electron chi connectivity index (χ4n) is 3.38. The number of ether oxygens (including phenoxy) is 2. The molecule has 27 heavy (non-hydrogen) atoms. The molecule has 7 nitrogen and oxygen atoms in total. The normalized spacial score (nSPS) is 15.7. The maximum Gasteiger partial charge on any atom is 0.254 e. The Morgan fingerprint density at radius 1 is 0.889 bits per heavy atom. The van der Waals surface area contributed by atoms with Gasteiger partial charge in [-0.2, -0.15) is 0 Å². The van der Waals surface area contributed by atoms with Gasteiger partial charge in [-0.25, -0.2) is 0 Å². The first kappa shape index (κ1) is 17.2. The fourth-order valence-corrected chi connectivity index (χ4v) is 3.38. The van der Waals surface area contributed by atoms with Gasteiger partial charge in [0.15, 0.2) is 11.5 Å². The average Bonchev–Trinajstić information content (AvgIpc) is 3.14. The Bertz CT molecular complexity index is 903. The molecule has 2 aliphatic heterocycles. The highest BCUT2D eigenvalue weighted by Crippen LogP contribution is 2.37. The summed E-state index contributed by atoms with van der Waals surface area (Å²) < 4.78 is 10.7. The van der Waals surface area contributed by atoms with Crippen LogP contribution in [0.25, 0.3) is 11.1 Å². The minimum absolute atomic E-state index is 0.0181. The van der Waals surface area contributed by atoms with Crippen LogP contribution in [-0.2, 0) is 4.79 Å². The first-order chi connectivity index (χ1) is 13.0. The molecule has 2 amide bonds. The molecule has 0 aliphatic carbocycles. The zero-order valence-corrected chi connectivity index (χ0v) is 15.0. The molecule has 0 radical (unpaired) electrons. The molecular formula is C20H20N2O5. The number of rotatable bonds is 2. The van der Waals surface area contributed by atoms with Crippen molar-refractivity contribution in [3.63, 3.8) is 0 Å². The molecule has 2 aromatic carbocycles. The molecule has 7 heteroatoms. The first-order valence-corrected chi connectivity index (χ1v) is 8.80. The maximum atomic E-state index is 12.9. The van der Waals surface area contributed by atoms with Gasteiger partial charge in [0.2, 0.25) is 12.7 Å². The van der Waals surface area contributed by atoms with E-state index in [0.717, 1.165) is 11.1 Å². The van der Waals surface area contributed by atoms with Crippen LogP contribution >= 0.6 is 0 Å². The number of phenols is 1. The van der Waals surface area contributed by atoms with E-state index in [-0.39, 0.29) is 24.4 Å². The Balaban J connectivity index is 1.57. The number of nitrogens with zero attached hydrogens (tertiary/aromatic N) is 2. The third-order valence-electron chi connectivity index (χ3n) is 4.88. The smallest absolute Gasteiger partial charge is 0.254 e. The lowest BCUT2D eigenvalue weighted by Crippen LogP contribution is -2.50. The van der Waals surface area contributed by atoms with Gasteiger partial charge in [-0.05, 0) is 41.5 Å². The summed E-state index contributed by atoms with van der Waals surface area (Å²) in [4.78, 5) is 27.7. The molecule has 1 N–H and O–H groups in total. The molecule has 2 aromatic rings. The minimum atomic E-state index is -0.156. The predicted octanol–water partition coefficient (Wildman–Crippen LogP) is 2.09. The van der Waals surface area contributed by atoms with Gasteiger partial charge in [-0.1, -0.05) is 6.07 Å². The molecule has 0 aromatic heterocycles. The molecule has 1 fully saturated rings. The van der Waals surface area contributed by atoms with Crippen molar-refractivity contribution in [3.8, 4) is 28.4 Å². The molecule has 2 heterocycles. The number of aromatic hydroxyl groups is 1. The van der Waals surface area contributed by atoms with Crippen LogP contribution in [0.1, 0.15) is 17.3 Å². The van der Waals surface area contributed by atoms with Crippen molar-refractivity contribution in [3.05, 3.63) is 42.0 Å². The first-order valence-electron chi connectivity index (χ1n) is 8.80. The molecule has 2 aliphatic rings. The fraction of sp³-hybridized carbons (Fsp3) is 0.300. The van der Waals surface area contributed by atoms with Gasteiger partial charge in [0.25, 0.3) is 5.91 Å². The highest BCUT2D eigenvalue weighted by molar-refractivity contribution is 5.96. The number of amides is 2. The van der Waals surface area contributed by atoms with Crippen LogP contribution in [0.15, 0.2) is 36.4 Å². The Hall–Kier alpha value is -3.22. The van der Waals surface area contributed by atoms with Gasteiger partial charge in [-0.15, -0.1) is 0 Å². The van der Waals surface area contributed by atoms with E-state index in [2.05, 4.69) is 0 Å². The molecule has 4 rings (SSSR count). The third kappa shape index (κ3) is 3.40. The summed E-state index contributed by atoms with van der Waals surface area (Å²) in [5.41, 5.74) is 1.96. The van der Waals surface area contributed by atoms with Gasteiger partial charge in [0.05, 0.1) is 0 Å². The van der Waals surface area contributed by atoms with E-state index >= 15 is 0 Å². The third-order valence-corrected chi connectivity index (χ3v) is 4.88. The number of piperazine rings is 1. The van der Waals surface area contributed by atoms with Crippen LogP contribution in [0.4, 0.5) is 0 Å². The van der Waals surface area contributed by atoms with Gasteiger partial charge in [0, 0.05) is 38.7 Å². The van der Waals surface area contributed by atoms with Crippen LogP contribution in [0.3, 0.4) is 0 Å². The SMILES string of the molecule is CC(=O)N1CCN(C(=O)c2cc(O)cc(-c3ccc4c(c3)OCO4)c2)CC1. The van der Waals surface area contributed by atoms with E-state index in [9.17, 15) is 14.7 Å². The van der Waals surface area contributed by atoms with Crippen LogP contribution in [-0.4, -0.2) is 59.7 Å². The molecule has 140 valence electrons. The number of benzene rings is 2. The summed E-state index contributed by atoms with van der Waals surface area (Å²) in [7, 11) is 0. The number of carbonyl (C=O) groups excluding carboxylic acids is 2. The van der Waals surface area contributed by atoms with E-state index in [1.165, 1.54) is 13.0 Å². The molecular weight excluding hydrogens is 348 g/mol. The van der Waals surface area contributed by atoms with Crippen LogP contribution < -0.4 is 9.47 Å². The Labute approximate surface area is 156 Å². The second kappa shape index (κ2) is 6.83. The van der Waals surface area contributed by atoms with E-state index in [1.54, 1.807) is 21.9 Å². The van der Waals surface area contributed by atoms with Gasteiger partial charge in [-0.3, -0.25) is 9.59 Å². The predicted molar refractivity (Wildman–Crippen MR) is 97.8 cm³/mol. The summed E-state index contributed by atoms with van der Waals surface area (Å²) in [6, 6.07) is 10.3. The Morgan fingerprint density at radius 2 is 1.59 bits per heavy atom. The molecule has 0 bridgehead atoms. The zero-order chi connectivity index (χ0) is 19.0. The lowest BCUT2D eigenvalue weighted by atomic mass is 10.0. The average molecular weight is 368 g/mol. The summed E-state index contributed by atoms with van der Waals surface area (Å²) in [5, 5.41) is 10.1. The molecule has 0 unspecified atom stereocenters. The van der Waals surface area contributed by atoms with Crippen molar-refractivity contribution in [1.29, 1.82) is 0 Å². The number of fused-ring (bicyclic) bond motifs is 1. The van der Waals surface area contributed by atoms with Gasteiger partial charge < -0.3 is 24.4 Å². The van der Waals surface area contributed by atoms with Crippen molar-refractivity contribution in [2.45, 2.75) is 6.92 Å². The molecule has 0 atom stereocenters. The molecule has 0 saturated carbocycles. The summed E-state index contributed by atoms with van der Waals surface area (Å²) in [6.45, 7) is 3.73. The molecule has 1 saturated heterocycles. The van der Waals surface area contributed by atoms with Gasteiger partial charge >= 0.3 is 0 Å². The number of hydrogen-bond donors (Lipinski definition) is 1. The van der Waals surface area contributed by atoms with E-state index in [1.807, 2.05) is 18.2 Å². The zero-order valence-electron chi connectivity index (χ0n) is 15.0. The van der Waals surface area contributed by atoms with Crippen LogP contribution in [0, 0.1) is 0 Å². The largest absolute Gasteiger partial charge is 0.508 e. The van der Waals surface area contributed by atoms with Crippen LogP contribution in [0.5, 0.6) is 17.2 Å². The number of carbonyl (C=O) groups is 2. The quantitative estimate of drug-likeness (QED) is 0.878. The van der Waals surface area contributed by atoms with Crippen molar-refractivity contribution < 1.29 is 24.2 Å². The van der Waals surface area contributed by atoms with Crippen molar-refractivity contribution in [1.82, 2.24) is 9.80 Å². The van der Waals surface area contributed by atoms with Crippen molar-refractivity contribution in [2.75, 3.05) is 33.0 Å². The minimum Gasteiger partial charge on any atom is -0.508 e. The Kier molecular flexibility index (Phi) is 4.35. The summed E-state index contributed by atoms with van der Waals surface area (Å²) >= 11 is 0. The van der Waals surface area contributed by atoms with Gasteiger partial charge in [0.1, 0.15) is 5.75 Å². The monoisotopic (exact) mass is 368 g/mol. The number of hydrogen-bond acceptors (Lipinski definition) is 5. The second-order valence-corrected chi connectivity index (χ2v) is 6.63. The highest BCUT2D eigenvalue weighted by atomic mass is 16.7. The van der Waals surface area contributed by atoms with Crippen molar-refractivity contribution >= 4 is 11.8 Å². The highest BCUT2D eigenvalue weighted by Gasteiger charge is 2.24. The summed E-state index contributed by atoms with van der Waals surface area (Å²) in [5.74, 6) is 1.21. The van der Waals surface area contributed by atoms with E-state index < -0.39 is 0 Å². The Morgan fingerprint density at radius 3 is 2.33 bits per heavy atom. The summed E-state index contributed by atoms with van der Waals surface area (Å²) in [6.07, 6.45) is 0. The van der Waals surface area contributed by atoms with E-state index in [4.69, 9.17) is 9.47 Å². The topological polar surface area (TPSA) is 79.3 Å². The second-order valence-electron chi connectivity index (χ2n) is 6.63. The standard InChI is InChI=1S/C20H20N2O5/c1-13(23)21-4-6-22(7-5-21)20(25)16-8-15(9-17(24)10-16)14-2-3-18-19(11-14)27-12-26-18/h2-3,8-11,24H,4-7,12H2,1H3. The number of phenolic OH excluding ortho intramolecular Hbond substituents is 1. The molecule has 0 spiro atoms. The van der Waals surface area contributed by atoms with E-state index in [0.29, 0.717) is 43.2 Å². The maximum absolute atomic E-state index is 12.9. The van der Waals surface area contributed by atoms with Crippen molar-refractivity contribution in [2.24, 2.45) is 0 Å². The lowest BCUT2D eigenvalue weighted by Gasteiger charge is -2.34.